The van der Waals surface area contributed by atoms with Gasteiger partial charge in [0.25, 0.3) is 10.2 Å². The van der Waals surface area contributed by atoms with E-state index in [-0.39, 0.29) is 18.4 Å². The van der Waals surface area contributed by atoms with E-state index in [1.165, 1.54) is 11.4 Å². The Bertz CT molecular complexity index is 422. The fourth-order valence-corrected chi connectivity index (χ4v) is 4.07. The van der Waals surface area contributed by atoms with E-state index in [2.05, 4.69) is 13.8 Å². The molecule has 7 heteroatoms. The van der Waals surface area contributed by atoms with Gasteiger partial charge >= 0.3 is 5.97 Å². The van der Waals surface area contributed by atoms with Gasteiger partial charge in [-0.1, -0.05) is 26.7 Å². The van der Waals surface area contributed by atoms with Crippen molar-refractivity contribution < 1.29 is 18.3 Å². The first-order valence-corrected chi connectivity index (χ1v) is 8.60. The fourth-order valence-electron chi connectivity index (χ4n) is 2.71. The number of carboxylic acids is 1. The van der Waals surface area contributed by atoms with E-state index < -0.39 is 16.2 Å². The molecule has 1 saturated heterocycles. The van der Waals surface area contributed by atoms with Crippen LogP contribution < -0.4 is 0 Å². The number of hydrogen-bond acceptors (Lipinski definition) is 3. The van der Waals surface area contributed by atoms with Crippen molar-refractivity contribution in [2.75, 3.05) is 26.7 Å². The zero-order valence-electron chi connectivity index (χ0n) is 12.6. The minimum atomic E-state index is -3.52. The zero-order chi connectivity index (χ0) is 15.4. The molecule has 118 valence electrons. The van der Waals surface area contributed by atoms with Gasteiger partial charge in [0.05, 0.1) is 6.42 Å². The molecule has 1 rings (SSSR count). The lowest BCUT2D eigenvalue weighted by Crippen LogP contribution is -2.48. The van der Waals surface area contributed by atoms with Crippen molar-refractivity contribution in [3.05, 3.63) is 0 Å². The standard InChI is InChI=1S/C13H26N2O4S/c1-4-13(5-2)7-10-15(11-8-13)20(18,19)14(3)9-6-12(16)17/h4-11H2,1-3H3,(H,16,17). The van der Waals surface area contributed by atoms with Gasteiger partial charge in [-0.05, 0) is 18.3 Å². The Kier molecular flexibility index (Phi) is 5.97. The molecule has 1 aliphatic rings. The average molecular weight is 306 g/mol. The Morgan fingerprint density at radius 3 is 2.15 bits per heavy atom. The Hall–Kier alpha value is -0.660. The quantitative estimate of drug-likeness (QED) is 0.774. The van der Waals surface area contributed by atoms with E-state index in [0.717, 1.165) is 30.0 Å². The third kappa shape index (κ3) is 3.93. The van der Waals surface area contributed by atoms with Gasteiger partial charge in [0.15, 0.2) is 0 Å². The normalized spacial score (nSPS) is 20.2. The van der Waals surface area contributed by atoms with Crippen LogP contribution in [0.15, 0.2) is 0 Å². The van der Waals surface area contributed by atoms with Gasteiger partial charge in [-0.2, -0.15) is 17.0 Å². The molecule has 0 bridgehead atoms. The number of carbonyl (C=O) groups is 1. The first-order valence-electron chi connectivity index (χ1n) is 7.20. The minimum absolute atomic E-state index is 0.0147. The van der Waals surface area contributed by atoms with Crippen molar-refractivity contribution in [2.45, 2.75) is 46.0 Å². The largest absolute Gasteiger partial charge is 0.481 e. The van der Waals surface area contributed by atoms with Crippen molar-refractivity contribution in [1.82, 2.24) is 8.61 Å². The summed E-state index contributed by atoms with van der Waals surface area (Å²) < 4.78 is 27.3. The van der Waals surface area contributed by atoms with Crippen LogP contribution in [0.25, 0.3) is 0 Å². The fraction of sp³-hybridized carbons (Fsp3) is 0.923. The summed E-state index contributed by atoms with van der Waals surface area (Å²) in [6.45, 7) is 5.39. The van der Waals surface area contributed by atoms with E-state index in [4.69, 9.17) is 5.11 Å². The maximum atomic E-state index is 12.3. The van der Waals surface area contributed by atoms with Crippen LogP contribution >= 0.6 is 0 Å². The summed E-state index contributed by atoms with van der Waals surface area (Å²) in [6, 6.07) is 0. The molecule has 0 aromatic rings. The Balaban J connectivity index is 2.65. The molecular weight excluding hydrogens is 280 g/mol. The van der Waals surface area contributed by atoms with Gasteiger partial charge in [0.1, 0.15) is 0 Å². The summed E-state index contributed by atoms with van der Waals surface area (Å²) in [7, 11) is -2.08. The predicted molar refractivity (Wildman–Crippen MR) is 77.6 cm³/mol. The first-order chi connectivity index (χ1) is 9.27. The second-order valence-corrected chi connectivity index (χ2v) is 7.61. The molecule has 0 unspecified atom stereocenters. The van der Waals surface area contributed by atoms with Crippen LogP contribution in [0.3, 0.4) is 0 Å². The maximum absolute atomic E-state index is 12.3. The summed E-state index contributed by atoms with van der Waals surface area (Å²) in [6.07, 6.45) is 3.74. The number of rotatable bonds is 7. The van der Waals surface area contributed by atoms with Crippen LogP contribution in [0, 0.1) is 5.41 Å². The topological polar surface area (TPSA) is 77.9 Å². The van der Waals surface area contributed by atoms with Gasteiger partial charge in [0.2, 0.25) is 0 Å². The summed E-state index contributed by atoms with van der Waals surface area (Å²) in [5.74, 6) is -0.985. The molecule has 0 aromatic carbocycles. The highest BCUT2D eigenvalue weighted by Gasteiger charge is 2.37. The van der Waals surface area contributed by atoms with Crippen LogP contribution in [-0.4, -0.2) is 54.8 Å². The van der Waals surface area contributed by atoms with Crippen LogP contribution in [0.1, 0.15) is 46.0 Å². The Labute approximate surface area is 121 Å². The summed E-state index contributed by atoms with van der Waals surface area (Å²) in [5, 5.41) is 8.64. The molecule has 1 fully saturated rings. The Morgan fingerprint density at radius 2 is 1.75 bits per heavy atom. The molecule has 0 spiro atoms. The second kappa shape index (κ2) is 6.87. The summed E-state index contributed by atoms with van der Waals surface area (Å²) >= 11 is 0. The number of aliphatic carboxylic acids is 1. The molecule has 1 heterocycles. The van der Waals surface area contributed by atoms with Crippen LogP contribution in [0.4, 0.5) is 0 Å². The third-order valence-corrected chi connectivity index (χ3v) is 6.63. The summed E-state index contributed by atoms with van der Waals surface area (Å²) in [5.41, 5.74) is 0.269. The average Bonchev–Trinajstić information content (AvgIpc) is 2.44. The molecule has 0 saturated carbocycles. The zero-order valence-corrected chi connectivity index (χ0v) is 13.4. The molecule has 20 heavy (non-hydrogen) atoms. The highest BCUT2D eigenvalue weighted by Crippen LogP contribution is 2.38. The molecule has 6 nitrogen and oxygen atoms in total. The number of piperidine rings is 1. The number of carboxylic acid groups (broad SMARTS) is 1. The van der Waals surface area contributed by atoms with Gasteiger partial charge in [-0.25, -0.2) is 0 Å². The van der Waals surface area contributed by atoms with Crippen molar-refractivity contribution in [2.24, 2.45) is 5.41 Å². The lowest BCUT2D eigenvalue weighted by atomic mass is 9.75. The molecule has 0 atom stereocenters. The van der Waals surface area contributed by atoms with Crippen molar-refractivity contribution in [3.63, 3.8) is 0 Å². The maximum Gasteiger partial charge on any atom is 0.304 e. The monoisotopic (exact) mass is 306 g/mol. The lowest BCUT2D eigenvalue weighted by molar-refractivity contribution is -0.137. The van der Waals surface area contributed by atoms with Gasteiger partial charge < -0.3 is 5.11 Å². The highest BCUT2D eigenvalue weighted by molar-refractivity contribution is 7.86. The number of hydrogen-bond donors (Lipinski definition) is 1. The predicted octanol–water partition coefficient (Wildman–Crippen LogP) is 1.54. The molecule has 1 N–H and O–H groups in total. The molecule has 0 radical (unpaired) electrons. The van der Waals surface area contributed by atoms with E-state index in [9.17, 15) is 13.2 Å². The van der Waals surface area contributed by atoms with Crippen molar-refractivity contribution >= 4 is 16.2 Å². The van der Waals surface area contributed by atoms with E-state index in [0.29, 0.717) is 13.1 Å². The van der Waals surface area contributed by atoms with Gasteiger partial charge in [-0.15, -0.1) is 0 Å². The van der Waals surface area contributed by atoms with E-state index in [1.807, 2.05) is 0 Å². The van der Waals surface area contributed by atoms with Gasteiger partial charge in [0, 0.05) is 26.7 Å². The second-order valence-electron chi connectivity index (χ2n) is 5.58. The molecule has 0 amide bonds. The third-order valence-electron chi connectivity index (χ3n) is 4.64. The lowest BCUT2D eigenvalue weighted by Gasteiger charge is -2.41. The van der Waals surface area contributed by atoms with Crippen molar-refractivity contribution in [3.8, 4) is 0 Å². The van der Waals surface area contributed by atoms with E-state index in [1.54, 1.807) is 0 Å². The molecule has 0 aromatic heterocycles. The number of nitrogens with zero attached hydrogens (tertiary/aromatic N) is 2. The van der Waals surface area contributed by atoms with Crippen LogP contribution in [0.5, 0.6) is 0 Å². The molecular formula is C13H26N2O4S. The van der Waals surface area contributed by atoms with Crippen molar-refractivity contribution in [1.29, 1.82) is 0 Å². The first kappa shape index (κ1) is 17.4. The summed E-state index contributed by atoms with van der Waals surface area (Å²) in [4.78, 5) is 10.5. The van der Waals surface area contributed by atoms with E-state index >= 15 is 0 Å². The van der Waals surface area contributed by atoms with Gasteiger partial charge in [-0.3, -0.25) is 4.79 Å². The Morgan fingerprint density at radius 1 is 1.25 bits per heavy atom. The molecule has 0 aliphatic carbocycles. The smallest absolute Gasteiger partial charge is 0.304 e. The molecule has 1 aliphatic heterocycles. The minimum Gasteiger partial charge on any atom is -0.481 e. The highest BCUT2D eigenvalue weighted by atomic mass is 32.2. The van der Waals surface area contributed by atoms with Crippen LogP contribution in [-0.2, 0) is 15.0 Å². The SMILES string of the molecule is CCC1(CC)CCN(S(=O)(=O)N(C)CCC(=O)O)CC1. The van der Waals surface area contributed by atoms with Crippen LogP contribution in [0.2, 0.25) is 0 Å².